The lowest BCUT2D eigenvalue weighted by molar-refractivity contribution is 0.509. The van der Waals surface area contributed by atoms with Gasteiger partial charge in [-0.25, -0.2) is 14.9 Å². The molecule has 0 bridgehead atoms. The molecule has 1 atom stereocenters. The zero-order valence-corrected chi connectivity index (χ0v) is 16.0. The van der Waals surface area contributed by atoms with Crippen LogP contribution in [0.2, 0.25) is 0 Å². The van der Waals surface area contributed by atoms with E-state index < -0.39 is 0 Å². The van der Waals surface area contributed by atoms with Crippen LogP contribution in [0.3, 0.4) is 0 Å². The van der Waals surface area contributed by atoms with Crippen LogP contribution in [0, 0.1) is 5.92 Å². The fourth-order valence-electron chi connectivity index (χ4n) is 3.64. The number of aromatic amines is 2. The molecule has 0 radical (unpaired) electrons. The summed E-state index contributed by atoms with van der Waals surface area (Å²) in [6.07, 6.45) is 5.19. The molecule has 5 rings (SSSR count). The van der Waals surface area contributed by atoms with Gasteiger partial charge in [0.05, 0.1) is 11.1 Å². The second kappa shape index (κ2) is 6.09. The molecule has 0 spiro atoms. The number of fused-ring (bicyclic) bond motifs is 3. The van der Waals surface area contributed by atoms with Gasteiger partial charge in [-0.2, -0.15) is 0 Å². The van der Waals surface area contributed by atoms with Crippen LogP contribution < -0.4 is 11.2 Å². The standard InChI is InChI=1S/C17H19N5O2S2/c1-8-2-5-10-11(6-8)26-15-13(10)14(23)18-12(19-15)7-25-17-21-20-16(24)22(17)9-3-4-9/h8-9H,2-7H2,1H3,(H,20,24)(H,18,19,23)/t8-/m1/s1. The van der Waals surface area contributed by atoms with Crippen molar-refractivity contribution in [3.63, 3.8) is 0 Å². The molecular formula is C17H19N5O2S2. The summed E-state index contributed by atoms with van der Waals surface area (Å²) in [5.74, 6) is 1.79. The monoisotopic (exact) mass is 389 g/mol. The van der Waals surface area contributed by atoms with Crippen molar-refractivity contribution >= 4 is 33.3 Å². The lowest BCUT2D eigenvalue weighted by Gasteiger charge is -2.17. The van der Waals surface area contributed by atoms with Crippen LogP contribution in [0.1, 0.15) is 48.5 Å². The fraction of sp³-hybridized carbons (Fsp3) is 0.529. The average Bonchev–Trinajstić information content (AvgIpc) is 3.27. The predicted octanol–water partition coefficient (Wildman–Crippen LogP) is 2.62. The summed E-state index contributed by atoms with van der Waals surface area (Å²) in [5, 5.41) is 8.07. The van der Waals surface area contributed by atoms with Crippen molar-refractivity contribution < 1.29 is 0 Å². The fourth-order valence-corrected chi connectivity index (χ4v) is 5.93. The molecule has 2 aliphatic rings. The quantitative estimate of drug-likeness (QED) is 0.669. The first-order valence-electron chi connectivity index (χ1n) is 8.93. The van der Waals surface area contributed by atoms with E-state index in [-0.39, 0.29) is 17.3 Å². The Morgan fingerprint density at radius 1 is 1.31 bits per heavy atom. The Kier molecular flexibility index (Phi) is 3.82. The van der Waals surface area contributed by atoms with Crippen molar-refractivity contribution in [1.29, 1.82) is 0 Å². The second-order valence-corrected chi connectivity index (χ2v) is 9.27. The van der Waals surface area contributed by atoms with Gasteiger partial charge in [-0.3, -0.25) is 9.36 Å². The summed E-state index contributed by atoms with van der Waals surface area (Å²) in [5.41, 5.74) is 0.997. The van der Waals surface area contributed by atoms with E-state index in [9.17, 15) is 9.59 Å². The van der Waals surface area contributed by atoms with Crippen molar-refractivity contribution in [1.82, 2.24) is 24.7 Å². The highest BCUT2D eigenvalue weighted by molar-refractivity contribution is 7.98. The minimum Gasteiger partial charge on any atom is -0.309 e. The number of thiophene rings is 1. The first-order valence-corrected chi connectivity index (χ1v) is 10.7. The smallest absolute Gasteiger partial charge is 0.309 e. The van der Waals surface area contributed by atoms with Crippen molar-refractivity contribution in [2.45, 2.75) is 56.0 Å². The largest absolute Gasteiger partial charge is 0.344 e. The number of nitrogens with zero attached hydrogens (tertiary/aromatic N) is 3. The summed E-state index contributed by atoms with van der Waals surface area (Å²) < 4.78 is 1.71. The van der Waals surface area contributed by atoms with Gasteiger partial charge >= 0.3 is 5.69 Å². The zero-order chi connectivity index (χ0) is 17.8. The molecule has 7 nitrogen and oxygen atoms in total. The Morgan fingerprint density at radius 2 is 2.15 bits per heavy atom. The van der Waals surface area contributed by atoms with Gasteiger partial charge in [0.1, 0.15) is 10.7 Å². The van der Waals surface area contributed by atoms with Gasteiger partial charge in [-0.1, -0.05) is 18.7 Å². The van der Waals surface area contributed by atoms with E-state index in [0.717, 1.165) is 42.3 Å². The number of aryl methyl sites for hydroxylation is 1. The normalized spacial score (nSPS) is 19.8. The Balaban J connectivity index is 1.45. The molecule has 1 saturated carbocycles. The van der Waals surface area contributed by atoms with Gasteiger partial charge in [-0.15, -0.1) is 16.4 Å². The molecule has 0 unspecified atom stereocenters. The minimum absolute atomic E-state index is 0.0423. The zero-order valence-electron chi connectivity index (χ0n) is 14.4. The Bertz CT molecular complexity index is 1100. The molecule has 0 saturated heterocycles. The van der Waals surface area contributed by atoms with Gasteiger partial charge < -0.3 is 4.98 Å². The molecule has 3 aromatic heterocycles. The highest BCUT2D eigenvalue weighted by Crippen LogP contribution is 2.37. The lowest BCUT2D eigenvalue weighted by Crippen LogP contribution is -2.16. The maximum Gasteiger partial charge on any atom is 0.344 e. The predicted molar refractivity (Wildman–Crippen MR) is 102 cm³/mol. The van der Waals surface area contributed by atoms with Crippen LogP contribution in [0.25, 0.3) is 10.2 Å². The van der Waals surface area contributed by atoms with Crippen LogP contribution in [0.15, 0.2) is 14.7 Å². The van der Waals surface area contributed by atoms with Gasteiger partial charge in [-0.05, 0) is 43.6 Å². The van der Waals surface area contributed by atoms with Crippen LogP contribution in [-0.4, -0.2) is 24.7 Å². The van der Waals surface area contributed by atoms with Crippen LogP contribution in [-0.2, 0) is 18.6 Å². The molecule has 3 aromatic rings. The Labute approximate surface area is 157 Å². The maximum atomic E-state index is 12.6. The highest BCUT2D eigenvalue weighted by atomic mass is 32.2. The van der Waals surface area contributed by atoms with Gasteiger partial charge in [0.15, 0.2) is 5.16 Å². The Morgan fingerprint density at radius 3 is 2.96 bits per heavy atom. The third kappa shape index (κ3) is 2.73. The maximum absolute atomic E-state index is 12.6. The van der Waals surface area contributed by atoms with E-state index in [4.69, 9.17) is 4.98 Å². The first kappa shape index (κ1) is 16.3. The van der Waals surface area contributed by atoms with E-state index in [2.05, 4.69) is 22.1 Å². The summed E-state index contributed by atoms with van der Waals surface area (Å²) in [6, 6.07) is 0.268. The van der Waals surface area contributed by atoms with Crippen LogP contribution in [0.4, 0.5) is 0 Å². The topological polar surface area (TPSA) is 96.4 Å². The van der Waals surface area contributed by atoms with Crippen molar-refractivity contribution in [3.05, 3.63) is 37.1 Å². The van der Waals surface area contributed by atoms with Gasteiger partial charge in [0, 0.05) is 10.9 Å². The SMILES string of the molecule is C[C@@H]1CCc2c(sc3nc(CSc4n[nH]c(=O)n4C4CC4)[nH]c(=O)c23)C1. The van der Waals surface area contributed by atoms with E-state index >= 15 is 0 Å². The number of hydrogen-bond acceptors (Lipinski definition) is 6. The number of nitrogens with one attached hydrogen (secondary N) is 2. The van der Waals surface area contributed by atoms with Crippen LogP contribution in [0.5, 0.6) is 0 Å². The number of rotatable bonds is 4. The van der Waals surface area contributed by atoms with Crippen molar-refractivity contribution in [2.24, 2.45) is 5.92 Å². The molecule has 3 heterocycles. The van der Waals surface area contributed by atoms with E-state index in [1.54, 1.807) is 15.9 Å². The second-order valence-electron chi connectivity index (χ2n) is 7.25. The minimum atomic E-state index is -0.160. The molecule has 0 aromatic carbocycles. The third-order valence-electron chi connectivity index (χ3n) is 5.14. The molecule has 0 aliphatic heterocycles. The summed E-state index contributed by atoms with van der Waals surface area (Å²) >= 11 is 3.09. The summed E-state index contributed by atoms with van der Waals surface area (Å²) in [4.78, 5) is 34.3. The van der Waals surface area contributed by atoms with E-state index in [1.807, 2.05) is 0 Å². The number of H-pyrrole nitrogens is 2. The highest BCUT2D eigenvalue weighted by Gasteiger charge is 2.29. The number of hydrogen-bond donors (Lipinski definition) is 2. The number of thioether (sulfide) groups is 1. The average molecular weight is 390 g/mol. The van der Waals surface area contributed by atoms with Gasteiger partial charge in [0.2, 0.25) is 0 Å². The third-order valence-corrected chi connectivity index (χ3v) is 7.25. The Hall–Kier alpha value is -1.87. The molecule has 9 heteroatoms. The van der Waals surface area contributed by atoms with E-state index in [0.29, 0.717) is 22.7 Å². The van der Waals surface area contributed by atoms with Crippen molar-refractivity contribution in [3.8, 4) is 0 Å². The van der Waals surface area contributed by atoms with E-state index in [1.165, 1.54) is 22.2 Å². The molecular weight excluding hydrogens is 370 g/mol. The van der Waals surface area contributed by atoms with Crippen LogP contribution >= 0.6 is 23.1 Å². The number of aromatic nitrogens is 5. The molecule has 26 heavy (non-hydrogen) atoms. The first-order chi connectivity index (χ1) is 12.6. The molecule has 1 fully saturated rings. The van der Waals surface area contributed by atoms with Gasteiger partial charge in [0.25, 0.3) is 5.56 Å². The summed E-state index contributed by atoms with van der Waals surface area (Å²) in [6.45, 7) is 2.26. The molecule has 2 N–H and O–H groups in total. The lowest BCUT2D eigenvalue weighted by atomic mass is 9.89. The molecule has 2 aliphatic carbocycles. The molecule has 0 amide bonds. The van der Waals surface area contributed by atoms with Crippen molar-refractivity contribution in [2.75, 3.05) is 0 Å². The summed E-state index contributed by atoms with van der Waals surface area (Å²) in [7, 11) is 0. The molecule has 136 valence electrons.